The van der Waals surface area contributed by atoms with Crippen LogP contribution in [0.25, 0.3) is 0 Å². The third kappa shape index (κ3) is 5.20. The molecule has 7 heteroatoms. The van der Waals surface area contributed by atoms with Gasteiger partial charge in [-0.25, -0.2) is 4.79 Å². The molecule has 1 N–H and O–H groups in total. The fourth-order valence-electron chi connectivity index (χ4n) is 2.37. The largest absolute Gasteiger partial charge is 0.491 e. The Morgan fingerprint density at radius 3 is 2.52 bits per heavy atom. The molecule has 2 aromatic rings. The Bertz CT molecular complexity index is 694. The number of nitrogens with zero attached hydrogens (tertiary/aromatic N) is 3. The highest BCUT2D eigenvalue weighted by Gasteiger charge is 2.16. The number of amides is 2. The van der Waals surface area contributed by atoms with Crippen molar-refractivity contribution in [3.05, 3.63) is 41.1 Å². The maximum atomic E-state index is 12.2. The number of hydrogen-bond acceptors (Lipinski definition) is 5. The second-order valence-electron chi connectivity index (χ2n) is 6.18. The molecule has 136 valence electrons. The van der Waals surface area contributed by atoms with E-state index in [2.05, 4.69) is 15.5 Å². The van der Waals surface area contributed by atoms with Gasteiger partial charge in [0, 0.05) is 13.5 Å². The molecule has 2 amide bonds. The summed E-state index contributed by atoms with van der Waals surface area (Å²) in [7, 11) is 1.68. The van der Waals surface area contributed by atoms with Crippen molar-refractivity contribution in [1.82, 2.24) is 20.4 Å². The van der Waals surface area contributed by atoms with Crippen molar-refractivity contribution in [3.8, 4) is 5.75 Å². The van der Waals surface area contributed by atoms with Crippen LogP contribution in [0.2, 0.25) is 0 Å². The van der Waals surface area contributed by atoms with E-state index >= 15 is 0 Å². The number of benzene rings is 1. The first kappa shape index (κ1) is 18.8. The summed E-state index contributed by atoms with van der Waals surface area (Å²) in [6.45, 7) is 8.52. The van der Waals surface area contributed by atoms with E-state index in [0.29, 0.717) is 24.8 Å². The van der Waals surface area contributed by atoms with Crippen molar-refractivity contribution in [2.45, 2.75) is 46.7 Å². The molecule has 0 spiro atoms. The van der Waals surface area contributed by atoms with E-state index < -0.39 is 0 Å². The molecule has 1 heterocycles. The lowest BCUT2D eigenvalue weighted by Crippen LogP contribution is -2.43. The third-order valence-electron chi connectivity index (χ3n) is 3.79. The molecule has 1 atom stereocenters. The van der Waals surface area contributed by atoms with Crippen LogP contribution in [0.5, 0.6) is 5.75 Å². The first-order valence-corrected chi connectivity index (χ1v) is 8.42. The number of aryl methyl sites for hydroxylation is 3. The van der Waals surface area contributed by atoms with E-state index in [1.165, 1.54) is 4.90 Å². The Morgan fingerprint density at radius 1 is 1.28 bits per heavy atom. The summed E-state index contributed by atoms with van der Waals surface area (Å²) >= 11 is 0. The molecule has 0 unspecified atom stereocenters. The molecule has 2 rings (SSSR count). The molecule has 0 bridgehead atoms. The number of hydrogen-bond donors (Lipinski definition) is 1. The number of nitrogens with one attached hydrogen (secondary N) is 1. The number of carbonyl (C=O) groups excluding carboxylic acids is 1. The Balaban J connectivity index is 1.82. The van der Waals surface area contributed by atoms with Crippen LogP contribution in [0.1, 0.15) is 36.8 Å². The Hall–Kier alpha value is -2.57. The minimum Gasteiger partial charge on any atom is -0.491 e. The minimum atomic E-state index is -0.214. The van der Waals surface area contributed by atoms with Gasteiger partial charge in [0.15, 0.2) is 0 Å². The highest BCUT2D eigenvalue weighted by Crippen LogP contribution is 2.22. The number of para-hydroxylation sites is 1. The van der Waals surface area contributed by atoms with Gasteiger partial charge in [0.2, 0.25) is 11.8 Å². The SMILES string of the molecule is CCc1nnc(CN(C)C(=O)N[C@H](C)COc2c(C)cccc2C)o1. The number of rotatable bonds is 7. The fraction of sp³-hybridized carbons (Fsp3) is 0.500. The molecule has 0 aliphatic carbocycles. The molecule has 0 saturated heterocycles. The van der Waals surface area contributed by atoms with Gasteiger partial charge >= 0.3 is 6.03 Å². The number of aromatic nitrogens is 2. The predicted octanol–water partition coefficient (Wildman–Crippen LogP) is 2.86. The maximum absolute atomic E-state index is 12.2. The van der Waals surface area contributed by atoms with Crippen molar-refractivity contribution >= 4 is 6.03 Å². The van der Waals surface area contributed by atoms with Crippen LogP contribution < -0.4 is 10.1 Å². The standard InChI is InChI=1S/C18H26N4O3/c1-6-15-20-21-16(25-15)10-22(5)18(23)19-14(4)11-24-17-12(2)8-7-9-13(17)3/h7-9,14H,6,10-11H2,1-5H3,(H,19,23)/t14-/m1/s1. The zero-order valence-corrected chi connectivity index (χ0v) is 15.5. The second-order valence-corrected chi connectivity index (χ2v) is 6.18. The van der Waals surface area contributed by atoms with E-state index in [1.807, 2.05) is 45.9 Å². The fourth-order valence-corrected chi connectivity index (χ4v) is 2.37. The Kier molecular flexibility index (Phi) is 6.38. The summed E-state index contributed by atoms with van der Waals surface area (Å²) in [5, 5.41) is 10.7. The van der Waals surface area contributed by atoms with E-state index in [9.17, 15) is 4.79 Å². The van der Waals surface area contributed by atoms with Gasteiger partial charge in [-0.05, 0) is 31.9 Å². The molecular weight excluding hydrogens is 320 g/mol. The second kappa shape index (κ2) is 8.50. The highest BCUT2D eigenvalue weighted by molar-refractivity contribution is 5.74. The molecule has 0 saturated carbocycles. The number of carbonyl (C=O) groups is 1. The summed E-state index contributed by atoms with van der Waals surface area (Å²) in [6, 6.07) is 5.67. The predicted molar refractivity (Wildman–Crippen MR) is 94.5 cm³/mol. The molecule has 25 heavy (non-hydrogen) atoms. The summed E-state index contributed by atoms with van der Waals surface area (Å²) in [5.41, 5.74) is 2.16. The molecule has 0 aliphatic rings. The van der Waals surface area contributed by atoms with Gasteiger partial charge in [0.25, 0.3) is 0 Å². The first-order valence-electron chi connectivity index (χ1n) is 8.42. The lowest BCUT2D eigenvalue weighted by molar-refractivity contribution is 0.190. The first-order chi connectivity index (χ1) is 11.9. The van der Waals surface area contributed by atoms with E-state index in [1.54, 1.807) is 7.05 Å². The molecule has 0 aliphatic heterocycles. The van der Waals surface area contributed by atoms with Crippen LogP contribution >= 0.6 is 0 Å². The average molecular weight is 346 g/mol. The van der Waals surface area contributed by atoms with Crippen LogP contribution in [-0.2, 0) is 13.0 Å². The maximum Gasteiger partial charge on any atom is 0.317 e. The van der Waals surface area contributed by atoms with Gasteiger partial charge in [-0.15, -0.1) is 10.2 Å². The van der Waals surface area contributed by atoms with Gasteiger partial charge in [0.1, 0.15) is 18.9 Å². The smallest absolute Gasteiger partial charge is 0.317 e. The normalized spacial score (nSPS) is 11.9. The van der Waals surface area contributed by atoms with E-state index in [-0.39, 0.29) is 18.6 Å². The lowest BCUT2D eigenvalue weighted by atomic mass is 10.1. The van der Waals surface area contributed by atoms with Crippen LogP contribution in [0.4, 0.5) is 4.79 Å². The third-order valence-corrected chi connectivity index (χ3v) is 3.79. The molecule has 1 aromatic heterocycles. The number of urea groups is 1. The van der Waals surface area contributed by atoms with Crippen LogP contribution in [0, 0.1) is 13.8 Å². The quantitative estimate of drug-likeness (QED) is 0.834. The van der Waals surface area contributed by atoms with Gasteiger partial charge < -0.3 is 19.4 Å². The Labute approximate surface area is 148 Å². The summed E-state index contributed by atoms with van der Waals surface area (Å²) in [4.78, 5) is 13.8. The topological polar surface area (TPSA) is 80.5 Å². The van der Waals surface area contributed by atoms with Gasteiger partial charge in [-0.2, -0.15) is 0 Å². The van der Waals surface area contributed by atoms with Crippen molar-refractivity contribution in [3.63, 3.8) is 0 Å². The Morgan fingerprint density at radius 2 is 1.92 bits per heavy atom. The summed E-state index contributed by atoms with van der Waals surface area (Å²) < 4.78 is 11.3. The summed E-state index contributed by atoms with van der Waals surface area (Å²) in [6.07, 6.45) is 0.676. The average Bonchev–Trinajstić information content (AvgIpc) is 3.02. The lowest BCUT2D eigenvalue weighted by Gasteiger charge is -2.21. The van der Waals surface area contributed by atoms with E-state index in [0.717, 1.165) is 16.9 Å². The van der Waals surface area contributed by atoms with Gasteiger partial charge in [0.05, 0.1) is 6.04 Å². The number of ether oxygens (including phenoxy) is 1. The van der Waals surface area contributed by atoms with Gasteiger partial charge in [-0.1, -0.05) is 25.1 Å². The molecule has 1 aromatic carbocycles. The summed E-state index contributed by atoms with van der Waals surface area (Å²) in [5.74, 6) is 1.86. The van der Waals surface area contributed by atoms with E-state index in [4.69, 9.17) is 9.15 Å². The monoisotopic (exact) mass is 346 g/mol. The minimum absolute atomic E-state index is 0.136. The van der Waals surface area contributed by atoms with Crippen LogP contribution in [0.15, 0.2) is 22.6 Å². The molecule has 0 radical (unpaired) electrons. The zero-order valence-electron chi connectivity index (χ0n) is 15.5. The van der Waals surface area contributed by atoms with Crippen molar-refractivity contribution in [2.75, 3.05) is 13.7 Å². The molecule has 0 fully saturated rings. The molecular formula is C18H26N4O3. The van der Waals surface area contributed by atoms with Crippen molar-refractivity contribution in [2.24, 2.45) is 0 Å². The molecule has 7 nitrogen and oxygen atoms in total. The zero-order chi connectivity index (χ0) is 18.4. The van der Waals surface area contributed by atoms with Crippen LogP contribution in [0.3, 0.4) is 0 Å². The van der Waals surface area contributed by atoms with Crippen LogP contribution in [-0.4, -0.2) is 40.8 Å². The highest BCUT2D eigenvalue weighted by atomic mass is 16.5. The van der Waals surface area contributed by atoms with Crippen molar-refractivity contribution in [1.29, 1.82) is 0 Å². The van der Waals surface area contributed by atoms with Crippen molar-refractivity contribution < 1.29 is 13.9 Å². The van der Waals surface area contributed by atoms with Gasteiger partial charge in [-0.3, -0.25) is 0 Å².